The van der Waals surface area contributed by atoms with Gasteiger partial charge in [0.2, 0.25) is 5.79 Å². The SMILES string of the molecule is CC(S)[C@@]1(O)O[C@H](C)[C@H](O)[C@H](O)[C@H]1O. The fourth-order valence-corrected chi connectivity index (χ4v) is 1.71. The quantitative estimate of drug-likeness (QED) is 0.350. The molecule has 0 aromatic rings. The van der Waals surface area contributed by atoms with Crippen LogP contribution in [0.15, 0.2) is 0 Å². The van der Waals surface area contributed by atoms with E-state index in [2.05, 4.69) is 12.6 Å². The maximum absolute atomic E-state index is 9.86. The monoisotopic (exact) mass is 224 g/mol. The van der Waals surface area contributed by atoms with Crippen molar-refractivity contribution in [2.75, 3.05) is 0 Å². The Balaban J connectivity index is 2.90. The fraction of sp³-hybridized carbons (Fsp3) is 1.00. The average molecular weight is 224 g/mol. The molecule has 1 aliphatic rings. The van der Waals surface area contributed by atoms with Gasteiger partial charge in [-0.3, -0.25) is 0 Å². The third-order valence-electron chi connectivity index (χ3n) is 2.55. The van der Waals surface area contributed by atoms with Gasteiger partial charge in [-0.05, 0) is 13.8 Å². The van der Waals surface area contributed by atoms with Gasteiger partial charge in [-0.2, -0.15) is 12.6 Å². The van der Waals surface area contributed by atoms with Crippen molar-refractivity contribution in [3.05, 3.63) is 0 Å². The molecule has 14 heavy (non-hydrogen) atoms. The molecule has 0 aliphatic carbocycles. The first-order chi connectivity index (χ1) is 6.30. The van der Waals surface area contributed by atoms with Crippen molar-refractivity contribution < 1.29 is 25.2 Å². The van der Waals surface area contributed by atoms with Gasteiger partial charge in [-0.1, -0.05) is 0 Å². The summed E-state index contributed by atoms with van der Waals surface area (Å²) >= 11 is 3.97. The first-order valence-electron chi connectivity index (χ1n) is 4.43. The van der Waals surface area contributed by atoms with Crippen LogP contribution in [0, 0.1) is 0 Å². The third kappa shape index (κ3) is 1.78. The molecule has 1 heterocycles. The fourth-order valence-electron chi connectivity index (χ4n) is 1.49. The summed E-state index contributed by atoms with van der Waals surface area (Å²) in [4.78, 5) is 0. The molecule has 0 amide bonds. The van der Waals surface area contributed by atoms with Gasteiger partial charge in [-0.15, -0.1) is 0 Å². The van der Waals surface area contributed by atoms with E-state index in [1.54, 1.807) is 0 Å². The van der Waals surface area contributed by atoms with Crippen LogP contribution in [-0.4, -0.2) is 55.9 Å². The van der Waals surface area contributed by atoms with Crippen LogP contribution in [-0.2, 0) is 4.74 Å². The number of aliphatic hydroxyl groups excluding tert-OH is 3. The Hall–Kier alpha value is 0.150. The van der Waals surface area contributed by atoms with E-state index in [1.165, 1.54) is 13.8 Å². The lowest BCUT2D eigenvalue weighted by Gasteiger charge is -2.46. The number of ether oxygens (including phenoxy) is 1. The van der Waals surface area contributed by atoms with Crippen LogP contribution >= 0.6 is 12.6 Å². The molecule has 0 bridgehead atoms. The lowest BCUT2D eigenvalue weighted by atomic mass is 9.91. The standard InChI is InChI=1S/C8H16O5S/c1-3-5(9)6(10)7(11)8(12,13-3)4(2)14/h3-7,9-12,14H,1-2H3/t3-,4?,5+,6+,7-,8-/m1/s1. The summed E-state index contributed by atoms with van der Waals surface area (Å²) in [6.45, 7) is 3.03. The van der Waals surface area contributed by atoms with Gasteiger partial charge in [0.05, 0.1) is 11.4 Å². The predicted molar refractivity (Wildman–Crippen MR) is 52.0 cm³/mol. The van der Waals surface area contributed by atoms with Crippen LogP contribution in [0.1, 0.15) is 13.8 Å². The van der Waals surface area contributed by atoms with Crippen molar-refractivity contribution in [3.8, 4) is 0 Å². The van der Waals surface area contributed by atoms with Crippen LogP contribution in [0.25, 0.3) is 0 Å². The van der Waals surface area contributed by atoms with Crippen LogP contribution in [0.3, 0.4) is 0 Å². The summed E-state index contributed by atoms with van der Waals surface area (Å²) < 4.78 is 5.05. The summed E-state index contributed by atoms with van der Waals surface area (Å²) in [5, 5.41) is 37.5. The zero-order valence-corrected chi connectivity index (χ0v) is 8.93. The molecule has 0 saturated carbocycles. The first-order valence-corrected chi connectivity index (χ1v) is 4.94. The van der Waals surface area contributed by atoms with Gasteiger partial charge in [0, 0.05) is 0 Å². The highest BCUT2D eigenvalue weighted by atomic mass is 32.1. The molecule has 6 atom stereocenters. The molecule has 0 radical (unpaired) electrons. The molecule has 0 aromatic heterocycles. The summed E-state index contributed by atoms with van der Waals surface area (Å²) in [7, 11) is 0. The molecule has 1 unspecified atom stereocenters. The van der Waals surface area contributed by atoms with E-state index in [0.717, 1.165) is 0 Å². The number of rotatable bonds is 1. The second-order valence-electron chi connectivity index (χ2n) is 3.68. The van der Waals surface area contributed by atoms with E-state index in [-0.39, 0.29) is 0 Å². The Bertz CT molecular complexity index is 212. The van der Waals surface area contributed by atoms with Crippen molar-refractivity contribution in [1.29, 1.82) is 0 Å². The molecular weight excluding hydrogens is 208 g/mol. The first kappa shape index (κ1) is 12.2. The van der Waals surface area contributed by atoms with Crippen molar-refractivity contribution in [3.63, 3.8) is 0 Å². The van der Waals surface area contributed by atoms with E-state index in [0.29, 0.717) is 0 Å². The maximum atomic E-state index is 9.86. The zero-order chi connectivity index (χ0) is 11.1. The Morgan fingerprint density at radius 2 is 1.79 bits per heavy atom. The Morgan fingerprint density at radius 1 is 1.29 bits per heavy atom. The van der Waals surface area contributed by atoms with Gasteiger partial charge in [-0.25, -0.2) is 0 Å². The molecule has 0 spiro atoms. The highest BCUT2D eigenvalue weighted by Crippen LogP contribution is 2.32. The predicted octanol–water partition coefficient (Wildman–Crippen LogP) is -1.51. The molecular formula is C8H16O5S. The van der Waals surface area contributed by atoms with E-state index in [9.17, 15) is 20.4 Å². The summed E-state index contributed by atoms with van der Waals surface area (Å²) in [6.07, 6.45) is -4.97. The van der Waals surface area contributed by atoms with Crippen molar-refractivity contribution in [2.45, 2.75) is 49.3 Å². The largest absolute Gasteiger partial charge is 0.388 e. The smallest absolute Gasteiger partial charge is 0.206 e. The summed E-state index contributed by atoms with van der Waals surface area (Å²) in [5.74, 6) is -1.93. The molecule has 1 fully saturated rings. The van der Waals surface area contributed by atoms with E-state index in [4.69, 9.17) is 4.74 Å². The third-order valence-corrected chi connectivity index (χ3v) is 2.92. The lowest BCUT2D eigenvalue weighted by molar-refractivity contribution is -0.340. The molecule has 0 aromatic carbocycles. The van der Waals surface area contributed by atoms with E-state index >= 15 is 0 Å². The molecule has 84 valence electrons. The minimum atomic E-state index is -1.93. The minimum absolute atomic E-state index is 0.679. The Kier molecular flexibility index (Phi) is 3.45. The summed E-state index contributed by atoms with van der Waals surface area (Å²) in [6, 6.07) is 0. The van der Waals surface area contributed by atoms with Gasteiger partial charge in [0.15, 0.2) is 0 Å². The van der Waals surface area contributed by atoms with Crippen LogP contribution in [0.2, 0.25) is 0 Å². The van der Waals surface area contributed by atoms with Crippen LogP contribution < -0.4 is 0 Å². The number of hydrogen-bond donors (Lipinski definition) is 5. The maximum Gasteiger partial charge on any atom is 0.206 e. The number of thiol groups is 1. The summed E-state index contributed by atoms with van der Waals surface area (Å²) in [5.41, 5.74) is 0. The molecule has 6 heteroatoms. The second-order valence-corrected chi connectivity index (χ2v) is 4.45. The Labute approximate surface area is 87.7 Å². The normalized spacial score (nSPS) is 51.6. The average Bonchev–Trinajstić information content (AvgIpc) is 2.11. The zero-order valence-electron chi connectivity index (χ0n) is 8.03. The molecule has 1 aliphatic heterocycles. The highest BCUT2D eigenvalue weighted by molar-refractivity contribution is 7.81. The van der Waals surface area contributed by atoms with Crippen LogP contribution in [0.4, 0.5) is 0 Å². The molecule has 4 N–H and O–H groups in total. The number of aliphatic hydroxyl groups is 4. The van der Waals surface area contributed by atoms with Gasteiger partial charge in [0.25, 0.3) is 0 Å². The van der Waals surface area contributed by atoms with E-state index in [1.807, 2.05) is 0 Å². The van der Waals surface area contributed by atoms with Gasteiger partial charge >= 0.3 is 0 Å². The highest BCUT2D eigenvalue weighted by Gasteiger charge is 2.53. The van der Waals surface area contributed by atoms with Crippen LogP contribution in [0.5, 0.6) is 0 Å². The lowest BCUT2D eigenvalue weighted by Crippen LogP contribution is -2.66. The van der Waals surface area contributed by atoms with E-state index < -0.39 is 35.5 Å². The van der Waals surface area contributed by atoms with Crippen molar-refractivity contribution in [1.82, 2.24) is 0 Å². The molecule has 1 saturated heterocycles. The van der Waals surface area contributed by atoms with Crippen molar-refractivity contribution >= 4 is 12.6 Å². The minimum Gasteiger partial charge on any atom is -0.388 e. The number of hydrogen-bond acceptors (Lipinski definition) is 6. The van der Waals surface area contributed by atoms with Gasteiger partial charge in [0.1, 0.15) is 18.3 Å². The van der Waals surface area contributed by atoms with Crippen molar-refractivity contribution in [2.24, 2.45) is 0 Å². The topological polar surface area (TPSA) is 90.2 Å². The van der Waals surface area contributed by atoms with Gasteiger partial charge < -0.3 is 25.2 Å². The molecule has 1 rings (SSSR count). The second kappa shape index (κ2) is 3.96. The Morgan fingerprint density at radius 3 is 2.21 bits per heavy atom. The molecule has 5 nitrogen and oxygen atoms in total.